The number of thioether (sulfide) groups is 1. The Morgan fingerprint density at radius 2 is 2.13 bits per heavy atom. The number of nitrogens with one attached hydrogen (secondary N) is 1. The van der Waals surface area contributed by atoms with Crippen LogP contribution in [0.3, 0.4) is 0 Å². The topological polar surface area (TPSA) is 12.0 Å². The van der Waals surface area contributed by atoms with Crippen LogP contribution in [-0.4, -0.2) is 12.3 Å². The van der Waals surface area contributed by atoms with E-state index in [-0.39, 0.29) is 6.04 Å². The Kier molecular flexibility index (Phi) is 3.26. The maximum absolute atomic E-state index is 13.1. The SMILES string of the molecule is CCNC1CCSc2cc(F)c(F)cc21. The van der Waals surface area contributed by atoms with E-state index in [1.807, 2.05) is 6.92 Å². The number of benzene rings is 1. The smallest absolute Gasteiger partial charge is 0.159 e. The van der Waals surface area contributed by atoms with Crippen LogP contribution in [0, 0.1) is 11.6 Å². The summed E-state index contributed by atoms with van der Waals surface area (Å²) >= 11 is 1.59. The van der Waals surface area contributed by atoms with Gasteiger partial charge in [0.15, 0.2) is 11.6 Å². The molecule has 4 heteroatoms. The lowest BCUT2D eigenvalue weighted by molar-refractivity contribution is 0.485. The van der Waals surface area contributed by atoms with Gasteiger partial charge in [-0.05, 0) is 36.4 Å². The van der Waals surface area contributed by atoms with E-state index in [0.717, 1.165) is 29.2 Å². The molecule has 1 aromatic carbocycles. The van der Waals surface area contributed by atoms with Crippen LogP contribution < -0.4 is 5.32 Å². The van der Waals surface area contributed by atoms with Gasteiger partial charge in [-0.2, -0.15) is 0 Å². The molecule has 1 aliphatic rings. The fourth-order valence-corrected chi connectivity index (χ4v) is 2.97. The van der Waals surface area contributed by atoms with Crippen LogP contribution in [0.5, 0.6) is 0 Å². The first-order chi connectivity index (χ1) is 7.22. The standard InChI is InChI=1S/C11H13F2NS/c1-2-14-10-3-4-15-11-6-9(13)8(12)5-7(10)11/h5-6,10,14H,2-4H2,1H3. The molecule has 0 aliphatic carbocycles. The van der Waals surface area contributed by atoms with E-state index in [1.54, 1.807) is 11.8 Å². The van der Waals surface area contributed by atoms with E-state index in [4.69, 9.17) is 0 Å². The van der Waals surface area contributed by atoms with Gasteiger partial charge < -0.3 is 5.32 Å². The molecule has 2 rings (SSSR count). The minimum absolute atomic E-state index is 0.168. The van der Waals surface area contributed by atoms with E-state index in [9.17, 15) is 8.78 Å². The van der Waals surface area contributed by atoms with Crippen molar-refractivity contribution < 1.29 is 8.78 Å². The Bertz CT molecular complexity index is 368. The zero-order chi connectivity index (χ0) is 10.8. The summed E-state index contributed by atoms with van der Waals surface area (Å²) in [6, 6.07) is 2.80. The largest absolute Gasteiger partial charge is 0.310 e. The average molecular weight is 229 g/mol. The van der Waals surface area contributed by atoms with Crippen molar-refractivity contribution in [3.8, 4) is 0 Å². The lowest BCUT2D eigenvalue weighted by Gasteiger charge is -2.25. The summed E-state index contributed by atoms with van der Waals surface area (Å²) in [5.41, 5.74) is 0.895. The van der Waals surface area contributed by atoms with Gasteiger partial charge in [0.05, 0.1) is 0 Å². The number of hydrogen-bond donors (Lipinski definition) is 1. The first kappa shape index (κ1) is 10.9. The predicted molar refractivity (Wildman–Crippen MR) is 58.1 cm³/mol. The van der Waals surface area contributed by atoms with Crippen molar-refractivity contribution in [3.63, 3.8) is 0 Å². The molecular weight excluding hydrogens is 216 g/mol. The lowest BCUT2D eigenvalue weighted by Crippen LogP contribution is -2.24. The Balaban J connectivity index is 2.38. The van der Waals surface area contributed by atoms with Crippen LogP contribution in [-0.2, 0) is 0 Å². The first-order valence-corrected chi connectivity index (χ1v) is 6.06. The van der Waals surface area contributed by atoms with Crippen LogP contribution in [0.1, 0.15) is 24.9 Å². The Morgan fingerprint density at radius 3 is 2.87 bits per heavy atom. The van der Waals surface area contributed by atoms with E-state index in [1.165, 1.54) is 12.1 Å². The second-order valence-electron chi connectivity index (χ2n) is 3.55. The summed E-state index contributed by atoms with van der Waals surface area (Å²) in [6.07, 6.45) is 0.969. The van der Waals surface area contributed by atoms with Crippen molar-refractivity contribution in [1.29, 1.82) is 0 Å². The van der Waals surface area contributed by atoms with Crippen molar-refractivity contribution in [2.75, 3.05) is 12.3 Å². The summed E-state index contributed by atoms with van der Waals surface area (Å²) in [4.78, 5) is 0.867. The number of fused-ring (bicyclic) bond motifs is 1. The molecule has 1 unspecified atom stereocenters. The summed E-state index contributed by atoms with van der Waals surface area (Å²) in [5, 5.41) is 3.28. The average Bonchev–Trinajstić information content (AvgIpc) is 2.21. The highest BCUT2D eigenvalue weighted by Gasteiger charge is 2.22. The van der Waals surface area contributed by atoms with Crippen molar-refractivity contribution in [2.45, 2.75) is 24.3 Å². The summed E-state index contributed by atoms with van der Waals surface area (Å²) in [5.74, 6) is -0.548. The molecule has 1 atom stereocenters. The van der Waals surface area contributed by atoms with Gasteiger partial charge in [-0.1, -0.05) is 6.92 Å². The van der Waals surface area contributed by atoms with Crippen molar-refractivity contribution in [3.05, 3.63) is 29.3 Å². The van der Waals surface area contributed by atoms with Crippen molar-refractivity contribution in [1.82, 2.24) is 5.32 Å². The molecule has 0 bridgehead atoms. The zero-order valence-electron chi connectivity index (χ0n) is 8.52. The van der Waals surface area contributed by atoms with Gasteiger partial charge in [-0.15, -0.1) is 11.8 Å². The molecule has 1 aliphatic heterocycles. The first-order valence-electron chi connectivity index (χ1n) is 5.07. The van der Waals surface area contributed by atoms with Gasteiger partial charge in [0.1, 0.15) is 0 Å². The van der Waals surface area contributed by atoms with Crippen LogP contribution in [0.2, 0.25) is 0 Å². The summed E-state index contributed by atoms with van der Waals surface area (Å²) in [6.45, 7) is 2.86. The maximum atomic E-state index is 13.1. The number of hydrogen-bond acceptors (Lipinski definition) is 2. The monoisotopic (exact) mass is 229 g/mol. The molecule has 0 radical (unpaired) electrons. The van der Waals surface area contributed by atoms with Gasteiger partial charge in [-0.25, -0.2) is 8.78 Å². The molecule has 0 fully saturated rings. The van der Waals surface area contributed by atoms with Gasteiger partial charge in [0.25, 0.3) is 0 Å². The molecule has 1 N–H and O–H groups in total. The molecular formula is C11H13F2NS. The van der Waals surface area contributed by atoms with Crippen molar-refractivity contribution in [2.24, 2.45) is 0 Å². The summed E-state index contributed by atoms with van der Waals surface area (Å²) < 4.78 is 26.1. The second-order valence-corrected chi connectivity index (χ2v) is 4.69. The quantitative estimate of drug-likeness (QED) is 0.836. The van der Waals surface area contributed by atoms with E-state index >= 15 is 0 Å². The number of rotatable bonds is 2. The Hall–Kier alpha value is -0.610. The van der Waals surface area contributed by atoms with E-state index in [0.29, 0.717) is 0 Å². The molecule has 1 heterocycles. The molecule has 0 aromatic heterocycles. The van der Waals surface area contributed by atoms with Gasteiger partial charge >= 0.3 is 0 Å². The van der Waals surface area contributed by atoms with Crippen molar-refractivity contribution >= 4 is 11.8 Å². The number of halogens is 2. The molecule has 0 saturated heterocycles. The molecule has 82 valence electrons. The highest BCUT2D eigenvalue weighted by Crippen LogP contribution is 2.37. The molecule has 1 aromatic rings. The minimum Gasteiger partial charge on any atom is -0.310 e. The third-order valence-corrected chi connectivity index (χ3v) is 3.65. The highest BCUT2D eigenvalue weighted by atomic mass is 32.2. The van der Waals surface area contributed by atoms with Crippen LogP contribution in [0.25, 0.3) is 0 Å². The predicted octanol–water partition coefficient (Wildman–Crippen LogP) is 3.11. The third kappa shape index (κ3) is 2.16. The minimum atomic E-state index is -0.751. The van der Waals surface area contributed by atoms with E-state index < -0.39 is 11.6 Å². The zero-order valence-corrected chi connectivity index (χ0v) is 9.33. The normalized spacial score (nSPS) is 20.1. The van der Waals surface area contributed by atoms with Gasteiger partial charge in [-0.3, -0.25) is 0 Å². The Morgan fingerprint density at radius 1 is 1.40 bits per heavy atom. The lowest BCUT2D eigenvalue weighted by atomic mass is 10.0. The van der Waals surface area contributed by atoms with Crippen LogP contribution in [0.4, 0.5) is 8.78 Å². The maximum Gasteiger partial charge on any atom is 0.159 e. The van der Waals surface area contributed by atoms with Crippen LogP contribution in [0.15, 0.2) is 17.0 Å². The van der Waals surface area contributed by atoms with Crippen LogP contribution >= 0.6 is 11.8 Å². The van der Waals surface area contributed by atoms with Gasteiger partial charge in [0.2, 0.25) is 0 Å². The molecule has 15 heavy (non-hydrogen) atoms. The third-order valence-electron chi connectivity index (χ3n) is 2.54. The highest BCUT2D eigenvalue weighted by molar-refractivity contribution is 7.99. The molecule has 0 spiro atoms. The molecule has 0 amide bonds. The fourth-order valence-electron chi connectivity index (χ4n) is 1.84. The summed E-state index contributed by atoms with van der Waals surface area (Å²) in [7, 11) is 0. The van der Waals surface area contributed by atoms with E-state index in [2.05, 4.69) is 5.32 Å². The molecule has 1 nitrogen and oxygen atoms in total. The second kappa shape index (κ2) is 4.49. The van der Waals surface area contributed by atoms with Gasteiger partial charge in [0, 0.05) is 10.9 Å². The molecule has 0 saturated carbocycles. The fraction of sp³-hybridized carbons (Fsp3) is 0.455. The Labute approximate surface area is 92.3 Å².